The Hall–Kier alpha value is -8.48. The van der Waals surface area contributed by atoms with Gasteiger partial charge in [0.2, 0.25) is 0 Å². The van der Waals surface area contributed by atoms with Gasteiger partial charge in [0, 0.05) is 12.8 Å². The Balaban J connectivity index is 6.20. The molecule has 0 fully saturated rings. The van der Waals surface area contributed by atoms with E-state index in [1.54, 1.807) is 0 Å². The molecule has 0 atom stereocenters. The highest BCUT2D eigenvalue weighted by atomic mass is 16.6. The van der Waals surface area contributed by atoms with Gasteiger partial charge >= 0.3 is 95.5 Å². The second-order valence-electron chi connectivity index (χ2n) is 23.6. The normalized spacial score (nSPS) is 10.9. The Labute approximate surface area is 582 Å². The summed E-state index contributed by atoms with van der Waals surface area (Å²) in [4.78, 5) is 196. The van der Waals surface area contributed by atoms with Gasteiger partial charge in [-0.15, -0.1) is 0 Å². The van der Waals surface area contributed by atoms with E-state index in [0.29, 0.717) is 12.8 Å². The molecule has 0 aromatic heterocycles. The molecule has 0 unspecified atom stereocenters. The van der Waals surface area contributed by atoms with Crippen LogP contribution in [0, 0.1) is 0 Å². The third-order valence-electron chi connectivity index (χ3n) is 14.4. The standard InChI is InChI=1S/C68H106O32/c1-3-5-7-9-11-13-15-17-19-21-23-25-57(77)89-41-49(42-90-58(78)26-24-22-20-18-16-14-12-10-8-6-4-2)99-67(87)39-40-68(88)100-52(47-95-63(83)35-37-65(85)97-50(43-91-59(79)31-27-53(69)70)44-92-60(80)32-28-54(71)72)48-96-64(84)36-38-66(86)98-51(45-93-61(81)33-29-55(73)74)46-94-62(82)34-30-56(75)76/h49-52H,3-48H2,1-2H3,(H,69,70)(H,71,72)(H,73,74)(H,75,76). The number of hydrogen-bond donors (Lipinski definition) is 4. The Bertz CT molecular complexity index is 2260. The van der Waals surface area contributed by atoms with Crippen molar-refractivity contribution >= 4 is 95.5 Å². The van der Waals surface area contributed by atoms with E-state index < -0.39 is 263 Å². The van der Waals surface area contributed by atoms with Crippen LogP contribution in [-0.2, 0) is 134 Å². The molecule has 0 aliphatic rings. The first-order valence-electron chi connectivity index (χ1n) is 34.7. The van der Waals surface area contributed by atoms with E-state index in [9.17, 15) is 76.7 Å². The quantitative estimate of drug-likeness (QED) is 0.0253. The van der Waals surface area contributed by atoms with Gasteiger partial charge in [0.15, 0.2) is 24.4 Å². The summed E-state index contributed by atoms with van der Waals surface area (Å²) in [5.41, 5.74) is 0. The fourth-order valence-corrected chi connectivity index (χ4v) is 8.82. The molecule has 0 amide bonds. The minimum atomic E-state index is -1.67. The van der Waals surface area contributed by atoms with Crippen LogP contribution in [0.1, 0.15) is 258 Å². The zero-order chi connectivity index (χ0) is 74.6. The SMILES string of the molecule is CCCCCCCCCCCCCC(=O)OCC(COC(=O)CCCCCCCCCCCCC)OC(=O)CCC(=O)OC(COC(=O)CCC(=O)OC(COC(=O)CCC(=O)O)COC(=O)CCC(=O)O)COC(=O)CCC(=O)OC(COC(=O)CCC(=O)O)COC(=O)CCC(=O)O. The first-order chi connectivity index (χ1) is 47.8. The lowest BCUT2D eigenvalue weighted by molar-refractivity contribution is -0.171. The third kappa shape index (κ3) is 59.6. The number of carboxylic acids is 4. The van der Waals surface area contributed by atoms with Gasteiger partial charge in [-0.2, -0.15) is 0 Å². The van der Waals surface area contributed by atoms with E-state index in [2.05, 4.69) is 13.8 Å². The number of carbonyl (C=O) groups excluding carboxylic acids is 12. The van der Waals surface area contributed by atoms with Crippen LogP contribution in [0.5, 0.6) is 0 Å². The van der Waals surface area contributed by atoms with Gasteiger partial charge in [-0.25, -0.2) is 0 Å². The monoisotopic (exact) mass is 1430 g/mol. The number of carboxylic acid groups (broad SMARTS) is 4. The molecule has 32 nitrogen and oxygen atoms in total. The maximum absolute atomic E-state index is 13.3. The number of esters is 12. The summed E-state index contributed by atoms with van der Waals surface area (Å²) in [6, 6.07) is 0. The van der Waals surface area contributed by atoms with Crippen LogP contribution in [0.25, 0.3) is 0 Å². The van der Waals surface area contributed by atoms with Crippen LogP contribution in [0.3, 0.4) is 0 Å². The van der Waals surface area contributed by atoms with Crippen molar-refractivity contribution in [1.82, 2.24) is 0 Å². The van der Waals surface area contributed by atoms with Crippen molar-refractivity contribution < 1.29 is 154 Å². The van der Waals surface area contributed by atoms with Crippen molar-refractivity contribution in [2.75, 3.05) is 52.9 Å². The van der Waals surface area contributed by atoms with E-state index in [1.165, 1.54) is 64.2 Å². The molecule has 32 heteroatoms. The van der Waals surface area contributed by atoms with Crippen molar-refractivity contribution in [3.63, 3.8) is 0 Å². The molecule has 0 aliphatic heterocycles. The molecule has 0 radical (unpaired) electrons. The van der Waals surface area contributed by atoms with Crippen LogP contribution < -0.4 is 0 Å². The van der Waals surface area contributed by atoms with E-state index in [-0.39, 0.29) is 12.8 Å². The van der Waals surface area contributed by atoms with Crippen molar-refractivity contribution in [2.24, 2.45) is 0 Å². The lowest BCUT2D eigenvalue weighted by atomic mass is 10.1. The van der Waals surface area contributed by atoms with Crippen molar-refractivity contribution in [2.45, 2.75) is 282 Å². The number of carbonyl (C=O) groups is 16. The lowest BCUT2D eigenvalue weighted by Crippen LogP contribution is -2.33. The fourth-order valence-electron chi connectivity index (χ4n) is 8.82. The van der Waals surface area contributed by atoms with Crippen molar-refractivity contribution in [3.8, 4) is 0 Å². The molecular formula is C68H106O32. The van der Waals surface area contributed by atoms with Crippen LogP contribution in [-0.4, -0.2) is 193 Å². The predicted molar refractivity (Wildman–Crippen MR) is 345 cm³/mol. The van der Waals surface area contributed by atoms with Crippen molar-refractivity contribution in [1.29, 1.82) is 0 Å². The molecule has 0 saturated carbocycles. The Morgan fingerprint density at radius 1 is 0.190 bits per heavy atom. The molecule has 0 aromatic rings. The summed E-state index contributed by atoms with van der Waals surface area (Å²) in [5, 5.41) is 35.5. The highest BCUT2D eigenvalue weighted by Crippen LogP contribution is 2.16. The summed E-state index contributed by atoms with van der Waals surface area (Å²) in [6.45, 7) is -1.46. The molecule has 0 aliphatic carbocycles. The molecule has 0 spiro atoms. The van der Waals surface area contributed by atoms with Crippen LogP contribution in [0.2, 0.25) is 0 Å². The van der Waals surface area contributed by atoms with Gasteiger partial charge in [-0.3, -0.25) is 76.7 Å². The van der Waals surface area contributed by atoms with Crippen LogP contribution in [0.15, 0.2) is 0 Å². The largest absolute Gasteiger partial charge is 0.481 e. The number of unbranched alkanes of at least 4 members (excludes halogenated alkanes) is 20. The molecule has 0 heterocycles. The second-order valence-corrected chi connectivity index (χ2v) is 23.6. The van der Waals surface area contributed by atoms with Gasteiger partial charge in [-0.05, 0) is 12.8 Å². The number of ether oxygens (including phenoxy) is 12. The molecule has 100 heavy (non-hydrogen) atoms. The zero-order valence-corrected chi connectivity index (χ0v) is 58.1. The summed E-state index contributed by atoms with van der Waals surface area (Å²) in [5.74, 6) is -17.4. The van der Waals surface area contributed by atoms with E-state index in [1.807, 2.05) is 0 Å². The minimum absolute atomic E-state index is 0.0904. The van der Waals surface area contributed by atoms with Gasteiger partial charge < -0.3 is 77.3 Å². The summed E-state index contributed by atoms with van der Waals surface area (Å²) in [6.07, 6.45) is 8.33. The molecule has 4 N–H and O–H groups in total. The molecule has 0 rings (SSSR count). The van der Waals surface area contributed by atoms with E-state index in [0.717, 1.165) is 64.2 Å². The number of hydrogen-bond acceptors (Lipinski definition) is 28. The Kier molecular flexibility index (Phi) is 55.3. The Morgan fingerprint density at radius 3 is 0.500 bits per heavy atom. The molecular weight excluding hydrogens is 1330 g/mol. The molecule has 0 saturated heterocycles. The predicted octanol–water partition coefficient (Wildman–Crippen LogP) is 8.18. The fraction of sp³-hybridized carbons (Fsp3) is 0.765. The summed E-state index contributed by atoms with van der Waals surface area (Å²) in [7, 11) is 0. The highest BCUT2D eigenvalue weighted by molar-refractivity contribution is 5.81. The van der Waals surface area contributed by atoms with Gasteiger partial charge in [0.05, 0.1) is 89.9 Å². The van der Waals surface area contributed by atoms with Crippen molar-refractivity contribution in [3.05, 3.63) is 0 Å². The Morgan fingerprint density at radius 2 is 0.330 bits per heavy atom. The molecule has 0 aromatic carbocycles. The third-order valence-corrected chi connectivity index (χ3v) is 14.4. The zero-order valence-electron chi connectivity index (χ0n) is 58.1. The lowest BCUT2D eigenvalue weighted by Gasteiger charge is -2.20. The average Bonchev–Trinajstić information content (AvgIpc) is 1.10. The van der Waals surface area contributed by atoms with E-state index >= 15 is 0 Å². The molecule has 0 bridgehead atoms. The first-order valence-corrected chi connectivity index (χ1v) is 34.7. The smallest absolute Gasteiger partial charge is 0.306 e. The maximum atomic E-state index is 13.3. The maximum Gasteiger partial charge on any atom is 0.306 e. The van der Waals surface area contributed by atoms with Gasteiger partial charge in [0.25, 0.3) is 0 Å². The van der Waals surface area contributed by atoms with E-state index in [4.69, 9.17) is 77.3 Å². The van der Waals surface area contributed by atoms with Gasteiger partial charge in [-0.1, -0.05) is 142 Å². The topological polar surface area (TPSA) is 465 Å². The van der Waals surface area contributed by atoms with Crippen LogP contribution >= 0.6 is 0 Å². The second kappa shape index (κ2) is 60.5. The number of rotatable bonds is 65. The summed E-state index contributed by atoms with van der Waals surface area (Å²) >= 11 is 0. The summed E-state index contributed by atoms with van der Waals surface area (Å²) < 4.78 is 62.2. The molecule has 570 valence electrons. The minimum Gasteiger partial charge on any atom is -0.481 e. The average molecular weight is 1440 g/mol. The van der Waals surface area contributed by atoms with Crippen LogP contribution in [0.4, 0.5) is 0 Å². The number of aliphatic carboxylic acids is 4. The highest BCUT2D eigenvalue weighted by Gasteiger charge is 2.27. The van der Waals surface area contributed by atoms with Gasteiger partial charge in [0.1, 0.15) is 52.9 Å². The first kappa shape index (κ1) is 91.5.